The van der Waals surface area contributed by atoms with E-state index >= 15 is 0 Å². The number of imidazole rings is 1. The zero-order valence-electron chi connectivity index (χ0n) is 15.0. The van der Waals surface area contributed by atoms with Crippen LogP contribution in [0.3, 0.4) is 0 Å². The van der Waals surface area contributed by atoms with Crippen molar-refractivity contribution in [2.24, 2.45) is 0 Å². The van der Waals surface area contributed by atoms with Crippen LogP contribution in [-0.2, 0) is 16.0 Å². The molecule has 3 aromatic rings. The van der Waals surface area contributed by atoms with E-state index in [0.29, 0.717) is 11.3 Å². The first-order valence-corrected chi connectivity index (χ1v) is 10.1. The van der Waals surface area contributed by atoms with Crippen molar-refractivity contribution in [2.45, 2.75) is 24.9 Å². The number of alkyl halides is 3. The highest BCUT2D eigenvalue weighted by molar-refractivity contribution is 7.90. The second kappa shape index (κ2) is 7.96. The van der Waals surface area contributed by atoms with Crippen LogP contribution in [-0.4, -0.2) is 24.2 Å². The molecule has 0 aliphatic heterocycles. The summed E-state index contributed by atoms with van der Waals surface area (Å²) in [6, 6.07) is 14.1. The van der Waals surface area contributed by atoms with E-state index in [1.165, 1.54) is 28.8 Å². The summed E-state index contributed by atoms with van der Waals surface area (Å²) in [4.78, 5) is 3.81. The molecule has 8 heteroatoms. The number of hydrogen-bond donors (Lipinski definition) is 0. The Morgan fingerprint density at radius 2 is 1.48 bits per heavy atom. The van der Waals surface area contributed by atoms with Gasteiger partial charge in [-0.25, -0.2) is 13.4 Å². The molecule has 0 saturated heterocycles. The van der Waals surface area contributed by atoms with Crippen LogP contribution in [0.2, 0.25) is 0 Å². The first-order chi connectivity index (χ1) is 12.7. The summed E-state index contributed by atoms with van der Waals surface area (Å²) in [7, 11) is -3.39. The second-order valence-electron chi connectivity index (χ2n) is 5.45. The molecule has 1 heterocycles. The second-order valence-corrected chi connectivity index (χ2v) is 7.47. The maximum absolute atomic E-state index is 13.1. The predicted octanol–water partition coefficient (Wildman–Crippen LogP) is 4.99. The summed E-state index contributed by atoms with van der Waals surface area (Å²) in [5.74, 6) is 0.125. The third-order valence-electron chi connectivity index (χ3n) is 3.57. The average Bonchev–Trinajstić information content (AvgIpc) is 3.09. The van der Waals surface area contributed by atoms with Gasteiger partial charge in [-0.2, -0.15) is 13.2 Å². The third-order valence-corrected chi connectivity index (χ3v) is 4.70. The first-order valence-electron chi connectivity index (χ1n) is 8.19. The van der Waals surface area contributed by atoms with E-state index in [1.807, 2.05) is 13.8 Å². The lowest BCUT2D eigenvalue weighted by Crippen LogP contribution is -2.05. The fourth-order valence-electron chi connectivity index (χ4n) is 2.36. The normalized spacial score (nSPS) is 11.6. The van der Waals surface area contributed by atoms with Crippen LogP contribution in [0.25, 0.3) is 17.1 Å². The molecule has 0 unspecified atom stereocenters. The van der Waals surface area contributed by atoms with Gasteiger partial charge in [-0.3, -0.25) is 4.57 Å². The van der Waals surface area contributed by atoms with Gasteiger partial charge in [0, 0.05) is 23.7 Å². The summed E-state index contributed by atoms with van der Waals surface area (Å²) in [6.07, 6.45) is -2.62. The lowest BCUT2D eigenvalue weighted by Gasteiger charge is -2.08. The molecule has 3 rings (SSSR count). The van der Waals surface area contributed by atoms with E-state index in [0.717, 1.165) is 12.5 Å². The molecule has 0 bridgehead atoms. The molecule has 0 radical (unpaired) electrons. The Hall–Kier alpha value is -2.61. The van der Waals surface area contributed by atoms with Gasteiger partial charge in [0.05, 0.1) is 4.90 Å². The van der Waals surface area contributed by atoms with Gasteiger partial charge >= 0.3 is 6.18 Å². The number of halogens is 3. The molecular formula is C19H19F3N2O2S. The molecule has 0 spiro atoms. The van der Waals surface area contributed by atoms with Gasteiger partial charge in [0.25, 0.3) is 0 Å². The minimum Gasteiger partial charge on any atom is -0.299 e. The van der Waals surface area contributed by atoms with Crippen molar-refractivity contribution in [1.29, 1.82) is 0 Å². The van der Waals surface area contributed by atoms with Crippen molar-refractivity contribution < 1.29 is 21.6 Å². The summed E-state index contributed by atoms with van der Waals surface area (Å²) in [5.41, 5.74) is -0.113. The molecule has 0 fully saturated rings. The fraction of sp³-hybridized carbons (Fsp3) is 0.211. The topological polar surface area (TPSA) is 52.0 Å². The Kier molecular flexibility index (Phi) is 6.10. The number of benzene rings is 2. The number of aromatic nitrogens is 2. The standard InChI is InChI=1S/C17H13F3N2O2S.C2H6/c1-25(23,24)14-9-7-13(8-10-14)22-11-15(17(18,19)20)21-16(22)12-5-3-2-4-6-12;1-2/h2-11H,1H3;1-2H3. The molecule has 2 aromatic carbocycles. The minimum atomic E-state index is -4.58. The largest absolute Gasteiger partial charge is 0.434 e. The van der Waals surface area contributed by atoms with E-state index in [9.17, 15) is 21.6 Å². The maximum Gasteiger partial charge on any atom is 0.434 e. The maximum atomic E-state index is 13.1. The Morgan fingerprint density at radius 3 is 1.96 bits per heavy atom. The number of sulfone groups is 1. The molecule has 0 N–H and O–H groups in total. The molecular weight excluding hydrogens is 377 g/mol. The van der Waals surface area contributed by atoms with Gasteiger partial charge in [0.15, 0.2) is 15.5 Å². The van der Waals surface area contributed by atoms with Crippen molar-refractivity contribution in [2.75, 3.05) is 6.26 Å². The zero-order chi connectivity index (χ0) is 20.2. The Bertz CT molecular complexity index is 994. The quantitative estimate of drug-likeness (QED) is 0.627. The van der Waals surface area contributed by atoms with Crippen molar-refractivity contribution >= 4 is 9.84 Å². The highest BCUT2D eigenvalue weighted by Crippen LogP contribution is 2.32. The van der Waals surface area contributed by atoms with Crippen LogP contribution in [0.5, 0.6) is 0 Å². The average molecular weight is 396 g/mol. The first kappa shape index (κ1) is 20.7. The smallest absolute Gasteiger partial charge is 0.299 e. The fourth-order valence-corrected chi connectivity index (χ4v) is 2.99. The highest BCUT2D eigenvalue weighted by Gasteiger charge is 2.35. The van der Waals surface area contributed by atoms with E-state index < -0.39 is 21.7 Å². The van der Waals surface area contributed by atoms with Crippen molar-refractivity contribution in [3.05, 3.63) is 66.5 Å². The Morgan fingerprint density at radius 1 is 0.926 bits per heavy atom. The summed E-state index contributed by atoms with van der Waals surface area (Å²) in [6.45, 7) is 4.00. The monoisotopic (exact) mass is 396 g/mol. The van der Waals surface area contributed by atoms with Gasteiger partial charge < -0.3 is 0 Å². The molecule has 0 atom stereocenters. The molecule has 4 nitrogen and oxygen atoms in total. The van der Waals surface area contributed by atoms with Gasteiger partial charge in [-0.1, -0.05) is 44.2 Å². The van der Waals surface area contributed by atoms with Crippen LogP contribution in [0.4, 0.5) is 13.2 Å². The molecule has 0 aliphatic carbocycles. The summed E-state index contributed by atoms with van der Waals surface area (Å²) < 4.78 is 63.6. The highest BCUT2D eigenvalue weighted by atomic mass is 32.2. The minimum absolute atomic E-state index is 0.0914. The van der Waals surface area contributed by atoms with Crippen LogP contribution < -0.4 is 0 Å². The van der Waals surface area contributed by atoms with E-state index in [-0.39, 0.29) is 10.7 Å². The number of rotatable bonds is 3. The number of nitrogens with zero attached hydrogens (tertiary/aromatic N) is 2. The van der Waals surface area contributed by atoms with E-state index in [2.05, 4.69) is 4.98 Å². The third kappa shape index (κ3) is 4.77. The zero-order valence-corrected chi connectivity index (χ0v) is 15.8. The molecule has 0 amide bonds. The lowest BCUT2D eigenvalue weighted by molar-refractivity contribution is -0.140. The van der Waals surface area contributed by atoms with E-state index in [1.54, 1.807) is 30.3 Å². The summed E-state index contributed by atoms with van der Waals surface area (Å²) >= 11 is 0. The molecule has 27 heavy (non-hydrogen) atoms. The van der Waals surface area contributed by atoms with Crippen LogP contribution >= 0.6 is 0 Å². The van der Waals surface area contributed by atoms with Crippen molar-refractivity contribution in [3.8, 4) is 17.1 Å². The Labute approximate surface area is 156 Å². The van der Waals surface area contributed by atoms with Gasteiger partial charge in [0.2, 0.25) is 0 Å². The summed E-state index contributed by atoms with van der Waals surface area (Å²) in [5, 5.41) is 0. The van der Waals surface area contributed by atoms with Gasteiger partial charge in [0.1, 0.15) is 5.82 Å². The van der Waals surface area contributed by atoms with Crippen LogP contribution in [0, 0.1) is 0 Å². The molecule has 1 aromatic heterocycles. The van der Waals surface area contributed by atoms with Crippen LogP contribution in [0.1, 0.15) is 19.5 Å². The predicted molar refractivity (Wildman–Crippen MR) is 98.5 cm³/mol. The number of hydrogen-bond acceptors (Lipinski definition) is 3. The SMILES string of the molecule is CC.CS(=O)(=O)c1ccc(-n2cc(C(F)(F)F)nc2-c2ccccc2)cc1. The molecule has 0 aliphatic rings. The van der Waals surface area contributed by atoms with Crippen molar-refractivity contribution in [1.82, 2.24) is 9.55 Å². The van der Waals surface area contributed by atoms with Crippen LogP contribution in [0.15, 0.2) is 65.7 Å². The Balaban J connectivity index is 0.00000126. The van der Waals surface area contributed by atoms with Gasteiger partial charge in [-0.15, -0.1) is 0 Å². The molecule has 144 valence electrons. The molecule has 0 saturated carbocycles. The van der Waals surface area contributed by atoms with Gasteiger partial charge in [-0.05, 0) is 24.3 Å². The van der Waals surface area contributed by atoms with Crippen molar-refractivity contribution in [3.63, 3.8) is 0 Å². The lowest BCUT2D eigenvalue weighted by atomic mass is 10.2. The van der Waals surface area contributed by atoms with E-state index in [4.69, 9.17) is 0 Å².